The zero-order valence-corrected chi connectivity index (χ0v) is 14.2. The quantitative estimate of drug-likeness (QED) is 0.817. The number of nitrogens with one attached hydrogen (secondary N) is 1. The Morgan fingerprint density at radius 3 is 2.79 bits per heavy atom. The van der Waals surface area contributed by atoms with Crippen molar-refractivity contribution in [1.82, 2.24) is 5.32 Å². The highest BCUT2D eigenvalue weighted by Crippen LogP contribution is 2.45. The van der Waals surface area contributed by atoms with Crippen LogP contribution in [0.3, 0.4) is 0 Å². The molecule has 1 nitrogen and oxygen atoms in total. The lowest BCUT2D eigenvalue weighted by Crippen LogP contribution is -2.43. The van der Waals surface area contributed by atoms with E-state index in [1.165, 1.54) is 29.9 Å². The fourth-order valence-corrected chi connectivity index (χ4v) is 5.50. The molecule has 0 amide bonds. The number of hydrogen-bond acceptors (Lipinski definition) is 3. The van der Waals surface area contributed by atoms with E-state index in [2.05, 4.69) is 62.4 Å². The lowest BCUT2D eigenvalue weighted by Gasteiger charge is -2.42. The molecular formula is C16H27NS2. The maximum atomic E-state index is 3.54. The van der Waals surface area contributed by atoms with Crippen molar-refractivity contribution in [2.75, 3.05) is 7.05 Å². The molecule has 1 N–H and O–H groups in total. The van der Waals surface area contributed by atoms with Crippen LogP contribution in [0.5, 0.6) is 0 Å². The summed E-state index contributed by atoms with van der Waals surface area (Å²) in [7, 11) is 2.12. The van der Waals surface area contributed by atoms with Gasteiger partial charge in [-0.15, -0.1) is 23.1 Å². The molecule has 1 heterocycles. The molecule has 1 fully saturated rings. The molecule has 19 heavy (non-hydrogen) atoms. The Morgan fingerprint density at radius 1 is 1.42 bits per heavy atom. The zero-order chi connectivity index (χ0) is 13.9. The van der Waals surface area contributed by atoms with Gasteiger partial charge in [0, 0.05) is 11.3 Å². The molecule has 3 atom stereocenters. The van der Waals surface area contributed by atoms with Crippen LogP contribution in [-0.2, 0) is 0 Å². The molecule has 0 aromatic carbocycles. The lowest BCUT2D eigenvalue weighted by molar-refractivity contribution is 0.143. The molecule has 1 aromatic rings. The predicted octanol–water partition coefficient (Wildman–Crippen LogP) is 5.03. The van der Waals surface area contributed by atoms with Crippen molar-refractivity contribution in [2.45, 2.75) is 62.0 Å². The van der Waals surface area contributed by atoms with E-state index >= 15 is 0 Å². The number of thioether (sulfide) groups is 1. The minimum absolute atomic E-state index is 0.493. The van der Waals surface area contributed by atoms with E-state index in [9.17, 15) is 0 Å². The van der Waals surface area contributed by atoms with Gasteiger partial charge in [0.2, 0.25) is 0 Å². The van der Waals surface area contributed by atoms with Crippen LogP contribution >= 0.6 is 23.1 Å². The Labute approximate surface area is 126 Å². The van der Waals surface area contributed by atoms with Crippen molar-refractivity contribution in [1.29, 1.82) is 0 Å². The van der Waals surface area contributed by atoms with Gasteiger partial charge in [0.05, 0.1) is 4.21 Å². The third-order valence-corrected chi connectivity index (χ3v) is 7.37. The average molecular weight is 298 g/mol. The summed E-state index contributed by atoms with van der Waals surface area (Å²) in [5.41, 5.74) is 0.493. The minimum atomic E-state index is 0.493. The number of rotatable bonds is 5. The Balaban J connectivity index is 2.04. The van der Waals surface area contributed by atoms with Gasteiger partial charge >= 0.3 is 0 Å². The second kappa shape index (κ2) is 6.64. The van der Waals surface area contributed by atoms with Gasteiger partial charge in [-0.05, 0) is 49.1 Å². The third-order valence-electron chi connectivity index (χ3n) is 4.94. The molecule has 0 bridgehead atoms. The van der Waals surface area contributed by atoms with Gasteiger partial charge in [0.25, 0.3) is 0 Å². The highest BCUT2D eigenvalue weighted by molar-refractivity contribution is 8.01. The van der Waals surface area contributed by atoms with Gasteiger partial charge in [-0.2, -0.15) is 0 Å². The molecule has 0 radical (unpaired) electrons. The van der Waals surface area contributed by atoms with Crippen molar-refractivity contribution in [3.05, 3.63) is 17.5 Å². The normalized spacial score (nSPS) is 28.5. The van der Waals surface area contributed by atoms with E-state index in [1.807, 2.05) is 11.3 Å². The summed E-state index contributed by atoms with van der Waals surface area (Å²) in [4.78, 5) is 0. The van der Waals surface area contributed by atoms with Gasteiger partial charge in [-0.1, -0.05) is 33.3 Å². The molecule has 1 aliphatic rings. The SMILES string of the molecule is CCC(C)(C)C1CCC(NC)C(Sc2cccs2)C1. The largest absolute Gasteiger partial charge is 0.316 e. The Hall–Kier alpha value is 0.01000. The number of hydrogen-bond donors (Lipinski definition) is 1. The van der Waals surface area contributed by atoms with Crippen LogP contribution in [0.15, 0.2) is 21.7 Å². The first kappa shape index (κ1) is 15.4. The van der Waals surface area contributed by atoms with Crippen LogP contribution in [0.4, 0.5) is 0 Å². The summed E-state index contributed by atoms with van der Waals surface area (Å²) < 4.78 is 1.47. The zero-order valence-electron chi connectivity index (χ0n) is 12.6. The number of thiophene rings is 1. The van der Waals surface area contributed by atoms with Crippen LogP contribution in [0.25, 0.3) is 0 Å². The maximum absolute atomic E-state index is 3.54. The molecule has 108 valence electrons. The van der Waals surface area contributed by atoms with Crippen molar-refractivity contribution >= 4 is 23.1 Å². The average Bonchev–Trinajstić information content (AvgIpc) is 2.91. The topological polar surface area (TPSA) is 12.0 Å². The minimum Gasteiger partial charge on any atom is -0.316 e. The molecule has 1 saturated carbocycles. The smallest absolute Gasteiger partial charge is 0.0601 e. The summed E-state index contributed by atoms with van der Waals surface area (Å²) in [5, 5.41) is 6.46. The first-order chi connectivity index (χ1) is 9.06. The van der Waals surface area contributed by atoms with E-state index in [0.29, 0.717) is 11.5 Å². The second-order valence-corrected chi connectivity index (χ2v) is 8.82. The lowest BCUT2D eigenvalue weighted by atomic mass is 9.68. The molecule has 0 saturated heterocycles. The Morgan fingerprint density at radius 2 is 2.21 bits per heavy atom. The molecular weight excluding hydrogens is 270 g/mol. The van der Waals surface area contributed by atoms with Gasteiger partial charge in [-0.25, -0.2) is 0 Å². The highest BCUT2D eigenvalue weighted by Gasteiger charge is 2.37. The molecule has 3 unspecified atom stereocenters. The van der Waals surface area contributed by atoms with Crippen molar-refractivity contribution in [3.8, 4) is 0 Å². The molecule has 1 aromatic heterocycles. The van der Waals surface area contributed by atoms with Gasteiger partial charge in [-0.3, -0.25) is 0 Å². The summed E-state index contributed by atoms with van der Waals surface area (Å²) in [6.07, 6.45) is 5.36. The monoisotopic (exact) mass is 297 g/mol. The standard InChI is InChI=1S/C16H27NS2/c1-5-16(2,3)12-8-9-13(17-4)14(11-12)19-15-7-6-10-18-15/h6-7,10,12-14,17H,5,8-9,11H2,1-4H3. The molecule has 0 aliphatic heterocycles. The fraction of sp³-hybridized carbons (Fsp3) is 0.750. The fourth-order valence-electron chi connectivity index (χ4n) is 3.07. The van der Waals surface area contributed by atoms with Crippen molar-refractivity contribution in [3.63, 3.8) is 0 Å². The first-order valence-electron chi connectivity index (χ1n) is 7.44. The summed E-state index contributed by atoms with van der Waals surface area (Å²) >= 11 is 3.97. The molecule has 3 heteroatoms. The predicted molar refractivity (Wildman–Crippen MR) is 88.2 cm³/mol. The molecule has 2 rings (SSSR count). The van der Waals surface area contributed by atoms with Gasteiger partial charge in [0.15, 0.2) is 0 Å². The van der Waals surface area contributed by atoms with E-state index in [0.717, 1.165) is 11.2 Å². The maximum Gasteiger partial charge on any atom is 0.0601 e. The first-order valence-corrected chi connectivity index (χ1v) is 9.20. The Bertz CT molecular complexity index is 372. The summed E-state index contributed by atoms with van der Waals surface area (Å²) in [6, 6.07) is 5.10. The van der Waals surface area contributed by atoms with Crippen molar-refractivity contribution < 1.29 is 0 Å². The van der Waals surface area contributed by atoms with Crippen LogP contribution in [0.2, 0.25) is 0 Å². The van der Waals surface area contributed by atoms with E-state index in [1.54, 1.807) is 0 Å². The van der Waals surface area contributed by atoms with Gasteiger partial charge < -0.3 is 5.32 Å². The summed E-state index contributed by atoms with van der Waals surface area (Å²) in [5.74, 6) is 0.875. The van der Waals surface area contributed by atoms with E-state index < -0.39 is 0 Å². The van der Waals surface area contributed by atoms with Crippen LogP contribution in [0, 0.1) is 11.3 Å². The van der Waals surface area contributed by atoms with Gasteiger partial charge in [0.1, 0.15) is 0 Å². The van der Waals surface area contributed by atoms with Crippen LogP contribution < -0.4 is 5.32 Å². The molecule has 1 aliphatic carbocycles. The summed E-state index contributed by atoms with van der Waals surface area (Å²) in [6.45, 7) is 7.24. The Kier molecular flexibility index (Phi) is 5.38. The van der Waals surface area contributed by atoms with E-state index in [-0.39, 0.29) is 0 Å². The molecule has 0 spiro atoms. The second-order valence-electron chi connectivity index (χ2n) is 6.34. The highest BCUT2D eigenvalue weighted by atomic mass is 32.2. The van der Waals surface area contributed by atoms with Crippen molar-refractivity contribution in [2.24, 2.45) is 11.3 Å². The van der Waals surface area contributed by atoms with E-state index in [4.69, 9.17) is 0 Å². The van der Waals surface area contributed by atoms with Crippen LogP contribution in [0.1, 0.15) is 46.5 Å². The third kappa shape index (κ3) is 3.77. The van der Waals surface area contributed by atoms with Crippen LogP contribution in [-0.4, -0.2) is 18.3 Å².